The molecule has 0 aromatic carbocycles. The van der Waals surface area contributed by atoms with Gasteiger partial charge in [-0.2, -0.15) is 0 Å². The topological polar surface area (TPSA) is 32.3 Å². The Kier molecular flexibility index (Phi) is 4.14. The van der Waals surface area contributed by atoms with Crippen LogP contribution in [0.2, 0.25) is 0 Å². The fraction of sp³-hybridized carbons (Fsp3) is 0.917. The van der Waals surface area contributed by atoms with Crippen LogP contribution in [-0.4, -0.2) is 36.5 Å². The van der Waals surface area contributed by atoms with E-state index in [-0.39, 0.29) is 5.91 Å². The summed E-state index contributed by atoms with van der Waals surface area (Å²) in [6.07, 6.45) is 2.32. The number of carbonyl (C=O) groups excluding carboxylic acids is 1. The number of rotatable bonds is 2. The summed E-state index contributed by atoms with van der Waals surface area (Å²) in [6, 6.07) is 0.360. The van der Waals surface area contributed by atoms with Gasteiger partial charge in [-0.3, -0.25) is 4.79 Å². The molecule has 1 aliphatic rings. The smallest absolute Gasteiger partial charge is 0.217 e. The van der Waals surface area contributed by atoms with Gasteiger partial charge in [0.15, 0.2) is 0 Å². The summed E-state index contributed by atoms with van der Waals surface area (Å²) in [6.45, 7) is 11.7. The van der Waals surface area contributed by atoms with Crippen LogP contribution < -0.4 is 5.32 Å². The van der Waals surface area contributed by atoms with E-state index in [1.807, 2.05) is 0 Å². The van der Waals surface area contributed by atoms with Crippen molar-refractivity contribution in [2.24, 2.45) is 5.41 Å². The third-order valence-electron chi connectivity index (χ3n) is 2.61. The Hall–Kier alpha value is -0.570. The van der Waals surface area contributed by atoms with Gasteiger partial charge in [0.1, 0.15) is 0 Å². The van der Waals surface area contributed by atoms with Crippen molar-refractivity contribution in [2.75, 3.05) is 19.6 Å². The van der Waals surface area contributed by atoms with Crippen molar-refractivity contribution in [3.8, 4) is 0 Å². The van der Waals surface area contributed by atoms with Crippen molar-refractivity contribution in [1.82, 2.24) is 10.2 Å². The predicted octanol–water partition coefficient (Wildman–Crippen LogP) is 1.63. The fourth-order valence-electron chi connectivity index (χ4n) is 2.28. The molecule has 1 fully saturated rings. The molecule has 1 aliphatic heterocycles. The number of nitrogens with zero attached hydrogens (tertiary/aromatic N) is 1. The molecule has 0 spiro atoms. The molecule has 3 nitrogen and oxygen atoms in total. The maximum absolute atomic E-state index is 11.0. The third kappa shape index (κ3) is 5.17. The van der Waals surface area contributed by atoms with E-state index < -0.39 is 0 Å². The van der Waals surface area contributed by atoms with Crippen LogP contribution in [0.4, 0.5) is 0 Å². The molecule has 1 rings (SSSR count). The number of piperidine rings is 1. The summed E-state index contributed by atoms with van der Waals surface area (Å²) in [7, 11) is 0. The zero-order valence-electron chi connectivity index (χ0n) is 10.5. The van der Waals surface area contributed by atoms with Crippen molar-refractivity contribution < 1.29 is 4.79 Å². The highest BCUT2D eigenvalue weighted by Crippen LogP contribution is 2.18. The molecule has 15 heavy (non-hydrogen) atoms. The van der Waals surface area contributed by atoms with Crippen molar-refractivity contribution in [1.29, 1.82) is 0 Å². The highest BCUT2D eigenvalue weighted by atomic mass is 16.1. The van der Waals surface area contributed by atoms with Crippen molar-refractivity contribution in [3.05, 3.63) is 0 Å². The van der Waals surface area contributed by atoms with Gasteiger partial charge in [-0.1, -0.05) is 20.8 Å². The van der Waals surface area contributed by atoms with Gasteiger partial charge in [0.2, 0.25) is 5.91 Å². The zero-order chi connectivity index (χ0) is 11.5. The number of hydrogen-bond donors (Lipinski definition) is 1. The predicted molar refractivity (Wildman–Crippen MR) is 62.7 cm³/mol. The maximum Gasteiger partial charge on any atom is 0.217 e. The number of amides is 1. The Morgan fingerprint density at radius 2 is 2.13 bits per heavy atom. The molecule has 0 radical (unpaired) electrons. The molecule has 1 atom stereocenters. The third-order valence-corrected chi connectivity index (χ3v) is 2.61. The van der Waals surface area contributed by atoms with Gasteiger partial charge in [0.25, 0.3) is 0 Å². The molecule has 3 heteroatoms. The molecule has 1 amide bonds. The Bertz CT molecular complexity index is 220. The molecular weight excluding hydrogens is 188 g/mol. The Morgan fingerprint density at radius 1 is 1.47 bits per heavy atom. The molecule has 0 aliphatic carbocycles. The Balaban J connectivity index is 2.38. The van der Waals surface area contributed by atoms with Gasteiger partial charge >= 0.3 is 0 Å². The van der Waals surface area contributed by atoms with E-state index in [4.69, 9.17) is 0 Å². The summed E-state index contributed by atoms with van der Waals surface area (Å²) in [4.78, 5) is 13.4. The van der Waals surface area contributed by atoms with E-state index in [1.54, 1.807) is 6.92 Å². The fourth-order valence-corrected chi connectivity index (χ4v) is 2.28. The van der Waals surface area contributed by atoms with Gasteiger partial charge in [-0.15, -0.1) is 0 Å². The first-order chi connectivity index (χ1) is 6.87. The lowest BCUT2D eigenvalue weighted by Gasteiger charge is -2.36. The molecule has 1 heterocycles. The van der Waals surface area contributed by atoms with E-state index in [1.165, 1.54) is 13.0 Å². The van der Waals surface area contributed by atoms with Crippen LogP contribution in [0, 0.1) is 5.41 Å². The van der Waals surface area contributed by atoms with Crippen molar-refractivity contribution >= 4 is 5.91 Å². The Labute approximate surface area is 93.2 Å². The molecule has 0 aromatic heterocycles. The van der Waals surface area contributed by atoms with Crippen molar-refractivity contribution in [3.63, 3.8) is 0 Å². The second-order valence-corrected chi connectivity index (χ2v) is 5.84. The molecule has 0 saturated carbocycles. The maximum atomic E-state index is 11.0. The summed E-state index contributed by atoms with van der Waals surface area (Å²) in [5.41, 5.74) is 0.345. The average molecular weight is 212 g/mol. The van der Waals surface area contributed by atoms with Crippen LogP contribution in [0.25, 0.3) is 0 Å². The molecule has 88 valence electrons. The van der Waals surface area contributed by atoms with Crippen LogP contribution in [0.3, 0.4) is 0 Å². The molecular formula is C12H24N2O. The summed E-state index contributed by atoms with van der Waals surface area (Å²) < 4.78 is 0. The molecule has 0 aromatic rings. The highest BCUT2D eigenvalue weighted by Gasteiger charge is 2.23. The van der Waals surface area contributed by atoms with Gasteiger partial charge in [-0.25, -0.2) is 0 Å². The average Bonchev–Trinajstić information content (AvgIpc) is 1.99. The van der Waals surface area contributed by atoms with E-state index in [0.717, 1.165) is 19.5 Å². The monoisotopic (exact) mass is 212 g/mol. The SMILES string of the molecule is CC(=O)N[C@H]1CCCN(CC(C)(C)C)C1. The largest absolute Gasteiger partial charge is 0.352 e. The minimum atomic E-state index is 0.0950. The molecule has 1 N–H and O–H groups in total. The molecule has 1 saturated heterocycles. The van der Waals surface area contributed by atoms with Crippen LogP contribution in [0.5, 0.6) is 0 Å². The van der Waals surface area contributed by atoms with E-state index in [0.29, 0.717) is 11.5 Å². The number of carbonyl (C=O) groups is 1. The minimum absolute atomic E-state index is 0.0950. The first kappa shape index (κ1) is 12.5. The zero-order valence-corrected chi connectivity index (χ0v) is 10.5. The molecule has 0 unspecified atom stereocenters. The first-order valence-corrected chi connectivity index (χ1v) is 5.86. The highest BCUT2D eigenvalue weighted by molar-refractivity contribution is 5.73. The lowest BCUT2D eigenvalue weighted by atomic mass is 9.94. The van der Waals surface area contributed by atoms with Crippen LogP contribution in [0.1, 0.15) is 40.5 Å². The van der Waals surface area contributed by atoms with Gasteiger partial charge < -0.3 is 10.2 Å². The van der Waals surface area contributed by atoms with E-state index in [2.05, 4.69) is 31.0 Å². The minimum Gasteiger partial charge on any atom is -0.352 e. The number of nitrogens with one attached hydrogen (secondary N) is 1. The van der Waals surface area contributed by atoms with E-state index in [9.17, 15) is 4.79 Å². The quantitative estimate of drug-likeness (QED) is 0.754. The van der Waals surface area contributed by atoms with Crippen LogP contribution in [-0.2, 0) is 4.79 Å². The molecule has 0 bridgehead atoms. The van der Waals surface area contributed by atoms with Gasteiger partial charge in [-0.05, 0) is 24.8 Å². The normalized spacial score (nSPS) is 23.9. The summed E-state index contributed by atoms with van der Waals surface area (Å²) in [5.74, 6) is 0.0950. The summed E-state index contributed by atoms with van der Waals surface area (Å²) in [5, 5.41) is 3.02. The van der Waals surface area contributed by atoms with Gasteiger partial charge in [0.05, 0.1) is 0 Å². The number of hydrogen-bond acceptors (Lipinski definition) is 2. The Morgan fingerprint density at radius 3 is 2.67 bits per heavy atom. The number of likely N-dealkylation sites (tertiary alicyclic amines) is 1. The lowest BCUT2D eigenvalue weighted by molar-refractivity contribution is -0.120. The van der Waals surface area contributed by atoms with Gasteiger partial charge in [0, 0.05) is 26.1 Å². The first-order valence-electron chi connectivity index (χ1n) is 5.86. The van der Waals surface area contributed by atoms with E-state index >= 15 is 0 Å². The van der Waals surface area contributed by atoms with Crippen molar-refractivity contribution in [2.45, 2.75) is 46.6 Å². The van der Waals surface area contributed by atoms with Crippen LogP contribution in [0.15, 0.2) is 0 Å². The second kappa shape index (κ2) is 4.97. The standard InChI is InChI=1S/C12H24N2O/c1-10(15)13-11-6-5-7-14(8-11)9-12(2,3)4/h11H,5-9H2,1-4H3,(H,13,15)/t11-/m0/s1. The lowest BCUT2D eigenvalue weighted by Crippen LogP contribution is -2.49. The van der Waals surface area contributed by atoms with Crippen LogP contribution >= 0.6 is 0 Å². The second-order valence-electron chi connectivity index (χ2n) is 5.84. The summed E-state index contributed by atoms with van der Waals surface area (Å²) >= 11 is 0.